The highest BCUT2D eigenvalue weighted by atomic mass is 35.5. The van der Waals surface area contributed by atoms with Gasteiger partial charge in [-0.25, -0.2) is 0 Å². The third-order valence-corrected chi connectivity index (χ3v) is 1.48. The van der Waals surface area contributed by atoms with Gasteiger partial charge in [-0.15, -0.1) is 23.2 Å². The zero-order valence-electron chi connectivity index (χ0n) is 7.95. The molecule has 0 aliphatic heterocycles. The van der Waals surface area contributed by atoms with E-state index in [-0.39, 0.29) is 6.61 Å². The summed E-state index contributed by atoms with van der Waals surface area (Å²) in [6.45, 7) is 2.63. The maximum absolute atomic E-state index is 8.38. The summed E-state index contributed by atoms with van der Waals surface area (Å²) in [6, 6.07) is 0. The van der Waals surface area contributed by atoms with Crippen LogP contribution in [-0.4, -0.2) is 56.2 Å². The summed E-state index contributed by atoms with van der Waals surface area (Å²) in [6.07, 6.45) is 0. The van der Waals surface area contributed by atoms with Gasteiger partial charge in [-0.05, 0) is 0 Å². The van der Waals surface area contributed by atoms with Crippen LogP contribution in [0.2, 0.25) is 0 Å². The maximum atomic E-state index is 8.38. The van der Waals surface area contributed by atoms with Crippen LogP contribution in [0.3, 0.4) is 0 Å². The molecule has 0 bridgehead atoms. The van der Waals surface area contributed by atoms with E-state index >= 15 is 0 Å². The zero-order valence-corrected chi connectivity index (χ0v) is 9.47. The van der Waals surface area contributed by atoms with Crippen LogP contribution in [0.25, 0.3) is 0 Å². The van der Waals surface area contributed by atoms with Crippen LogP contribution in [0.5, 0.6) is 0 Å². The molecule has 0 radical (unpaired) electrons. The number of alkyl halides is 2. The van der Waals surface area contributed by atoms with E-state index in [0.717, 1.165) is 0 Å². The van der Waals surface area contributed by atoms with E-state index < -0.39 is 4.84 Å². The summed E-state index contributed by atoms with van der Waals surface area (Å²) in [5.41, 5.74) is 0. The molecular formula is C8H16Cl2O4. The van der Waals surface area contributed by atoms with Crippen molar-refractivity contribution in [3.8, 4) is 0 Å². The Morgan fingerprint density at radius 3 is 1.86 bits per heavy atom. The van der Waals surface area contributed by atoms with Crippen molar-refractivity contribution in [3.05, 3.63) is 0 Å². The van der Waals surface area contributed by atoms with E-state index in [4.69, 9.17) is 42.5 Å². The Morgan fingerprint density at radius 2 is 1.36 bits per heavy atom. The van der Waals surface area contributed by atoms with E-state index in [1.807, 2.05) is 0 Å². The fraction of sp³-hybridized carbons (Fsp3) is 1.00. The molecule has 0 unspecified atom stereocenters. The van der Waals surface area contributed by atoms with Crippen molar-refractivity contribution in [2.45, 2.75) is 4.84 Å². The minimum Gasteiger partial charge on any atom is -0.394 e. The predicted octanol–water partition coefficient (Wildman–Crippen LogP) is 0.832. The molecule has 14 heavy (non-hydrogen) atoms. The smallest absolute Gasteiger partial charge is 0.131 e. The lowest BCUT2D eigenvalue weighted by molar-refractivity contribution is 0.00922. The van der Waals surface area contributed by atoms with Crippen molar-refractivity contribution in [2.75, 3.05) is 46.2 Å². The number of halogens is 2. The van der Waals surface area contributed by atoms with Crippen molar-refractivity contribution >= 4 is 23.2 Å². The van der Waals surface area contributed by atoms with Gasteiger partial charge in [-0.1, -0.05) is 0 Å². The first kappa shape index (κ1) is 14.4. The quantitative estimate of drug-likeness (QED) is 0.459. The summed E-state index contributed by atoms with van der Waals surface area (Å²) in [7, 11) is 0. The van der Waals surface area contributed by atoms with Gasteiger partial charge in [0.1, 0.15) is 4.84 Å². The van der Waals surface area contributed by atoms with Gasteiger partial charge in [-0.3, -0.25) is 0 Å². The standard InChI is InChI=1S/C8H16Cl2O4/c9-8(10)7-14-6-5-13-4-3-12-2-1-11/h8,11H,1-7H2. The first-order chi connectivity index (χ1) is 6.77. The lowest BCUT2D eigenvalue weighted by Gasteiger charge is -2.06. The summed E-state index contributed by atoms with van der Waals surface area (Å²) in [5.74, 6) is 0. The molecule has 0 amide bonds. The molecule has 0 atom stereocenters. The Balaban J connectivity index is 2.85. The molecule has 0 fully saturated rings. The van der Waals surface area contributed by atoms with Crippen LogP contribution in [0.4, 0.5) is 0 Å². The lowest BCUT2D eigenvalue weighted by atomic mass is 10.7. The summed E-state index contributed by atoms with van der Waals surface area (Å²) < 4.78 is 15.2. The molecule has 0 aliphatic carbocycles. The highest BCUT2D eigenvalue weighted by Crippen LogP contribution is 2.00. The Bertz CT molecular complexity index is 114. The summed E-state index contributed by atoms with van der Waals surface area (Å²) in [5, 5.41) is 8.38. The molecule has 6 heteroatoms. The molecule has 86 valence electrons. The van der Waals surface area contributed by atoms with Gasteiger partial charge in [0, 0.05) is 0 Å². The van der Waals surface area contributed by atoms with Crippen LogP contribution in [0, 0.1) is 0 Å². The SMILES string of the molecule is OCCOCCOCCOCC(Cl)Cl. The fourth-order valence-corrected chi connectivity index (χ4v) is 0.855. The highest BCUT2D eigenvalue weighted by molar-refractivity contribution is 6.44. The van der Waals surface area contributed by atoms with Gasteiger partial charge in [0.25, 0.3) is 0 Å². The molecule has 0 rings (SSSR count). The Labute approximate surface area is 94.0 Å². The molecule has 1 N–H and O–H groups in total. The molecular weight excluding hydrogens is 231 g/mol. The van der Waals surface area contributed by atoms with Gasteiger partial charge in [0.15, 0.2) is 0 Å². The van der Waals surface area contributed by atoms with Gasteiger partial charge in [0.2, 0.25) is 0 Å². The zero-order chi connectivity index (χ0) is 10.6. The van der Waals surface area contributed by atoms with Crippen LogP contribution in [0.1, 0.15) is 0 Å². The fourth-order valence-electron chi connectivity index (χ4n) is 0.677. The number of hydrogen-bond acceptors (Lipinski definition) is 4. The number of ether oxygens (including phenoxy) is 3. The van der Waals surface area contributed by atoms with Gasteiger partial charge in [0.05, 0.1) is 46.2 Å². The lowest BCUT2D eigenvalue weighted by Crippen LogP contribution is -2.12. The summed E-state index contributed by atoms with van der Waals surface area (Å²) in [4.78, 5) is -0.483. The van der Waals surface area contributed by atoms with Crippen LogP contribution in [-0.2, 0) is 14.2 Å². The number of rotatable bonds is 10. The molecule has 0 aliphatic rings. The Hall–Kier alpha value is 0.420. The van der Waals surface area contributed by atoms with Crippen LogP contribution < -0.4 is 0 Å². The maximum Gasteiger partial charge on any atom is 0.131 e. The molecule has 0 spiro atoms. The molecule has 0 aromatic rings. The van der Waals surface area contributed by atoms with Crippen molar-refractivity contribution in [3.63, 3.8) is 0 Å². The molecule has 0 aromatic heterocycles. The molecule has 0 saturated carbocycles. The Morgan fingerprint density at radius 1 is 0.857 bits per heavy atom. The largest absolute Gasteiger partial charge is 0.394 e. The molecule has 4 nitrogen and oxygen atoms in total. The second-order valence-corrected chi connectivity index (χ2v) is 3.69. The van der Waals surface area contributed by atoms with E-state index in [2.05, 4.69) is 0 Å². The van der Waals surface area contributed by atoms with E-state index in [0.29, 0.717) is 39.6 Å². The average Bonchev–Trinajstić information content (AvgIpc) is 2.15. The van der Waals surface area contributed by atoms with E-state index in [1.54, 1.807) is 0 Å². The predicted molar refractivity (Wildman–Crippen MR) is 55.0 cm³/mol. The second-order valence-electron chi connectivity index (χ2n) is 2.41. The minimum absolute atomic E-state index is 0.0376. The average molecular weight is 247 g/mol. The Kier molecular flexibility index (Phi) is 11.8. The highest BCUT2D eigenvalue weighted by Gasteiger charge is 1.97. The third-order valence-electron chi connectivity index (χ3n) is 1.22. The second kappa shape index (κ2) is 11.5. The monoisotopic (exact) mass is 246 g/mol. The van der Waals surface area contributed by atoms with Crippen molar-refractivity contribution in [1.82, 2.24) is 0 Å². The van der Waals surface area contributed by atoms with Crippen molar-refractivity contribution < 1.29 is 19.3 Å². The first-order valence-corrected chi connectivity index (χ1v) is 5.27. The molecule has 0 aromatic carbocycles. The third kappa shape index (κ3) is 12.4. The van der Waals surface area contributed by atoms with Crippen molar-refractivity contribution in [1.29, 1.82) is 0 Å². The first-order valence-electron chi connectivity index (χ1n) is 4.39. The van der Waals surface area contributed by atoms with Gasteiger partial charge < -0.3 is 19.3 Å². The number of hydrogen-bond donors (Lipinski definition) is 1. The normalized spacial score (nSPS) is 11.1. The van der Waals surface area contributed by atoms with Crippen molar-refractivity contribution in [2.24, 2.45) is 0 Å². The van der Waals surface area contributed by atoms with E-state index in [1.165, 1.54) is 0 Å². The van der Waals surface area contributed by atoms with Crippen LogP contribution >= 0.6 is 23.2 Å². The number of aliphatic hydroxyl groups is 1. The summed E-state index contributed by atoms with van der Waals surface area (Å²) >= 11 is 10.9. The minimum atomic E-state index is -0.483. The van der Waals surface area contributed by atoms with Gasteiger partial charge >= 0.3 is 0 Å². The molecule has 0 saturated heterocycles. The topological polar surface area (TPSA) is 47.9 Å². The van der Waals surface area contributed by atoms with Gasteiger partial charge in [-0.2, -0.15) is 0 Å². The molecule has 0 heterocycles. The number of aliphatic hydroxyl groups excluding tert-OH is 1. The van der Waals surface area contributed by atoms with Crippen LogP contribution in [0.15, 0.2) is 0 Å². The van der Waals surface area contributed by atoms with E-state index in [9.17, 15) is 0 Å².